The average Bonchev–Trinajstić information content (AvgIpc) is 4.09. The van der Waals surface area contributed by atoms with E-state index in [-0.39, 0.29) is 23.0 Å². The SMILES string of the molecule is CC(C)(C)c1ccc(N2C3=C(B4c5c2cc(-c2ccc6c(c2)oc2ccccc26)cc5-n2c5cc6c(cc5c5cccc4c52)c2ccccc2n6-c2ccccc2)C(C)(C)c2ccc(C(C)(C)C)cc23)cc1. The van der Waals surface area contributed by atoms with Gasteiger partial charge in [0.1, 0.15) is 11.2 Å². The van der Waals surface area contributed by atoms with E-state index >= 15 is 0 Å². The van der Waals surface area contributed by atoms with E-state index < -0.39 is 0 Å². The molecule has 0 spiro atoms. The first kappa shape index (κ1) is 41.7. The number of furan rings is 1. The van der Waals surface area contributed by atoms with Crippen molar-refractivity contribution in [3.63, 3.8) is 0 Å². The first-order valence-corrected chi connectivity index (χ1v) is 25.7. The second kappa shape index (κ2) is 14.1. The smallest absolute Gasteiger partial charge is 0.248 e. The summed E-state index contributed by atoms with van der Waals surface area (Å²) >= 11 is 0. The number of para-hydroxylation sites is 4. The molecular weight excluding hydrogens is 874 g/mol. The largest absolute Gasteiger partial charge is 0.456 e. The maximum atomic E-state index is 6.62. The van der Waals surface area contributed by atoms with Crippen molar-refractivity contribution in [1.29, 1.82) is 0 Å². The van der Waals surface area contributed by atoms with Crippen LogP contribution in [0.3, 0.4) is 0 Å². The van der Waals surface area contributed by atoms with E-state index in [1.807, 2.05) is 0 Å². The summed E-state index contributed by atoms with van der Waals surface area (Å²) < 4.78 is 11.7. The minimum Gasteiger partial charge on any atom is -0.456 e. The first-order chi connectivity index (χ1) is 34.7. The van der Waals surface area contributed by atoms with Gasteiger partial charge in [-0.15, -0.1) is 0 Å². The molecule has 0 saturated heterocycles. The van der Waals surface area contributed by atoms with Crippen LogP contribution in [0.4, 0.5) is 11.4 Å². The maximum absolute atomic E-state index is 6.62. The van der Waals surface area contributed by atoms with E-state index in [1.165, 1.54) is 105 Å². The summed E-state index contributed by atoms with van der Waals surface area (Å²) in [5, 5.41) is 7.35. The van der Waals surface area contributed by atoms with Crippen LogP contribution in [0.15, 0.2) is 192 Å². The summed E-state index contributed by atoms with van der Waals surface area (Å²) in [5.74, 6) is 0. The molecule has 0 saturated carbocycles. The highest BCUT2D eigenvalue weighted by molar-refractivity contribution is 6.96. The molecule has 0 N–H and O–H groups in total. The van der Waals surface area contributed by atoms with Crippen molar-refractivity contribution in [2.24, 2.45) is 0 Å². The molecule has 5 heterocycles. The lowest BCUT2D eigenvalue weighted by Crippen LogP contribution is -2.56. The fraction of sp³-hybridized carbons (Fsp3) is 0.164. The van der Waals surface area contributed by atoms with Crippen LogP contribution in [0.5, 0.6) is 0 Å². The summed E-state index contributed by atoms with van der Waals surface area (Å²) in [5.41, 5.74) is 24.3. The van der Waals surface area contributed by atoms with Crippen LogP contribution >= 0.6 is 0 Å². The molecule has 346 valence electrons. The lowest BCUT2D eigenvalue weighted by atomic mass is 9.30. The molecule has 9 aromatic carbocycles. The third kappa shape index (κ3) is 5.54. The molecule has 12 aromatic rings. The maximum Gasteiger partial charge on any atom is 0.248 e. The Morgan fingerprint density at radius 1 is 0.458 bits per heavy atom. The standard InChI is InChI=1S/C67H54BN3O/c1-65(2,3)41-26-29-44(30-27-41)70-57-33-40(39-25-31-47-46-20-13-15-24-59(46)72-60(47)35-39)34-58-61(57)68(64-63(70)51-36-42(66(4,5)6)28-32-52(51)67(64,7)8)53-22-16-21-48-50-37-49-45-19-12-14-23-54(45)69(43-17-10-9-11-18-43)55(49)38-56(50)71(58)62(48)53/h9-38H,1-8H3. The monoisotopic (exact) mass is 927 g/mol. The van der Waals surface area contributed by atoms with Crippen LogP contribution in [0.25, 0.3) is 93.7 Å². The molecule has 0 unspecified atom stereocenters. The fourth-order valence-electron chi connectivity index (χ4n) is 13.3. The number of nitrogens with zero attached hydrogens (tertiary/aromatic N) is 3. The van der Waals surface area contributed by atoms with Crippen molar-refractivity contribution in [3.8, 4) is 22.5 Å². The minimum atomic E-state index is -0.285. The van der Waals surface area contributed by atoms with E-state index in [0.717, 1.165) is 38.8 Å². The molecular formula is C67H54BN3O. The Kier molecular flexibility index (Phi) is 8.18. The zero-order valence-electron chi connectivity index (χ0n) is 42.1. The number of aromatic nitrogens is 2. The minimum absolute atomic E-state index is 0.00334. The van der Waals surface area contributed by atoms with E-state index in [9.17, 15) is 0 Å². The van der Waals surface area contributed by atoms with Gasteiger partial charge in [0.15, 0.2) is 0 Å². The molecule has 0 amide bonds. The molecule has 0 fully saturated rings. The third-order valence-corrected chi connectivity index (χ3v) is 16.8. The van der Waals surface area contributed by atoms with Crippen molar-refractivity contribution in [2.75, 3.05) is 4.90 Å². The van der Waals surface area contributed by atoms with Crippen LogP contribution < -0.4 is 15.8 Å². The van der Waals surface area contributed by atoms with E-state index in [4.69, 9.17) is 4.42 Å². The number of benzene rings is 9. The van der Waals surface area contributed by atoms with Crippen molar-refractivity contribution in [1.82, 2.24) is 9.13 Å². The molecule has 0 bridgehead atoms. The predicted molar refractivity (Wildman–Crippen MR) is 305 cm³/mol. The molecule has 1 aliphatic carbocycles. The van der Waals surface area contributed by atoms with Gasteiger partial charge in [-0.25, -0.2) is 0 Å². The quantitative estimate of drug-likeness (QED) is 0.165. The zero-order valence-corrected chi connectivity index (χ0v) is 42.1. The zero-order chi connectivity index (χ0) is 48.7. The first-order valence-electron chi connectivity index (χ1n) is 25.7. The topological polar surface area (TPSA) is 26.2 Å². The normalized spacial score (nSPS) is 14.9. The van der Waals surface area contributed by atoms with Crippen LogP contribution in [-0.2, 0) is 16.2 Å². The molecule has 15 rings (SSSR count). The second-order valence-electron chi connectivity index (χ2n) is 23.4. The van der Waals surface area contributed by atoms with E-state index in [0.29, 0.717) is 0 Å². The van der Waals surface area contributed by atoms with Gasteiger partial charge in [0.25, 0.3) is 0 Å². The average molecular weight is 928 g/mol. The van der Waals surface area contributed by atoms with Gasteiger partial charge in [0, 0.05) is 77.3 Å². The Labute approximate surface area is 420 Å². The van der Waals surface area contributed by atoms with Crippen molar-refractivity contribution in [2.45, 2.75) is 71.6 Å². The van der Waals surface area contributed by atoms with Crippen LogP contribution in [0, 0.1) is 0 Å². The van der Waals surface area contributed by atoms with Crippen LogP contribution in [0.1, 0.15) is 77.6 Å². The summed E-state index contributed by atoms with van der Waals surface area (Å²) in [4.78, 5) is 2.66. The number of rotatable bonds is 3. The van der Waals surface area contributed by atoms with Crippen molar-refractivity contribution < 1.29 is 4.42 Å². The summed E-state index contributed by atoms with van der Waals surface area (Å²) in [6.07, 6.45) is 0. The molecule has 3 aromatic heterocycles. The highest BCUT2D eigenvalue weighted by atomic mass is 16.3. The highest BCUT2D eigenvalue weighted by Crippen LogP contribution is 2.56. The summed E-state index contributed by atoms with van der Waals surface area (Å²) in [7, 11) is 0. The van der Waals surface area contributed by atoms with E-state index in [1.54, 1.807) is 0 Å². The molecule has 4 nitrogen and oxygen atoms in total. The van der Waals surface area contributed by atoms with Gasteiger partial charge >= 0.3 is 0 Å². The highest BCUT2D eigenvalue weighted by Gasteiger charge is 2.52. The molecule has 2 aliphatic heterocycles. The Bertz CT molecular complexity index is 4370. The number of hydrogen-bond acceptors (Lipinski definition) is 2. The second-order valence-corrected chi connectivity index (χ2v) is 23.4. The Hall–Kier alpha value is -8.02. The molecule has 3 aliphatic rings. The third-order valence-electron chi connectivity index (χ3n) is 16.8. The Balaban J connectivity index is 1.10. The van der Waals surface area contributed by atoms with Gasteiger partial charge in [-0.05, 0) is 128 Å². The number of allylic oxidation sites excluding steroid dienone is 1. The van der Waals surface area contributed by atoms with Crippen LogP contribution in [-0.4, -0.2) is 15.8 Å². The number of anilines is 2. The van der Waals surface area contributed by atoms with Gasteiger partial charge in [-0.2, -0.15) is 0 Å². The molecule has 5 heteroatoms. The molecule has 0 atom stereocenters. The van der Waals surface area contributed by atoms with E-state index in [2.05, 4.69) is 251 Å². The molecule has 72 heavy (non-hydrogen) atoms. The van der Waals surface area contributed by atoms with Crippen molar-refractivity contribution >= 4 is 100 Å². The molecule has 0 radical (unpaired) electrons. The summed E-state index contributed by atoms with van der Waals surface area (Å²) in [6, 6.07) is 68.9. The van der Waals surface area contributed by atoms with Gasteiger partial charge < -0.3 is 18.5 Å². The lowest BCUT2D eigenvalue weighted by molar-refractivity contribution is 0.588. The Morgan fingerprint density at radius 3 is 1.92 bits per heavy atom. The van der Waals surface area contributed by atoms with Gasteiger partial charge in [-0.1, -0.05) is 164 Å². The summed E-state index contributed by atoms with van der Waals surface area (Å²) in [6.45, 7) is 18.9. The van der Waals surface area contributed by atoms with Gasteiger partial charge in [0.2, 0.25) is 6.71 Å². The fourth-order valence-corrected chi connectivity index (χ4v) is 13.3. The lowest BCUT2D eigenvalue weighted by Gasteiger charge is -2.43. The van der Waals surface area contributed by atoms with Crippen LogP contribution in [0.2, 0.25) is 0 Å². The number of fused-ring (bicyclic) bond motifs is 14. The van der Waals surface area contributed by atoms with Crippen molar-refractivity contribution in [3.05, 3.63) is 210 Å². The number of hydrogen-bond donors (Lipinski definition) is 0. The van der Waals surface area contributed by atoms with Gasteiger partial charge in [0.05, 0.1) is 16.6 Å². The van der Waals surface area contributed by atoms with Gasteiger partial charge in [-0.3, -0.25) is 0 Å². The predicted octanol–water partition coefficient (Wildman–Crippen LogP) is 16.4. The Morgan fingerprint density at radius 2 is 1.12 bits per heavy atom.